The third-order valence-corrected chi connectivity index (χ3v) is 5.56. The minimum Gasteiger partial charge on any atom is -0.396 e. The summed E-state index contributed by atoms with van der Waals surface area (Å²) in [6, 6.07) is 3.90. The van der Waals surface area contributed by atoms with Gasteiger partial charge in [-0.2, -0.15) is 0 Å². The second-order valence-electron chi connectivity index (χ2n) is 7.40. The highest BCUT2D eigenvalue weighted by Crippen LogP contribution is 2.43. The number of hydrogen-bond donors (Lipinski definition) is 1. The number of aliphatic hydroxyl groups is 1. The van der Waals surface area contributed by atoms with E-state index in [1.54, 1.807) is 9.80 Å². The highest BCUT2D eigenvalue weighted by atomic mass is 35.5. The lowest BCUT2D eigenvalue weighted by Crippen LogP contribution is -2.41. The molecule has 0 aliphatic carbocycles. The Balaban J connectivity index is 1.78. The van der Waals surface area contributed by atoms with E-state index in [-0.39, 0.29) is 29.9 Å². The van der Waals surface area contributed by atoms with Crippen LogP contribution in [0, 0.1) is 23.1 Å². The maximum Gasteiger partial charge on any atom is 0.256 e. The van der Waals surface area contributed by atoms with Gasteiger partial charge in [0.15, 0.2) is 0 Å². The summed E-state index contributed by atoms with van der Waals surface area (Å²) < 4.78 is 14.0. The molecule has 1 aromatic carbocycles. The lowest BCUT2D eigenvalue weighted by molar-refractivity contribution is -0.134. The van der Waals surface area contributed by atoms with Gasteiger partial charge in [0.05, 0.1) is 12.2 Å². The van der Waals surface area contributed by atoms with Gasteiger partial charge in [-0.15, -0.1) is 0 Å². The number of halogens is 2. The molecule has 2 aliphatic heterocycles. The van der Waals surface area contributed by atoms with Gasteiger partial charge in [-0.25, -0.2) is 4.39 Å². The first-order chi connectivity index (χ1) is 11.8. The van der Waals surface area contributed by atoms with Gasteiger partial charge < -0.3 is 14.9 Å². The summed E-state index contributed by atoms with van der Waals surface area (Å²) in [5.41, 5.74) is -0.592. The van der Waals surface area contributed by atoms with Crippen LogP contribution in [0.1, 0.15) is 24.2 Å². The highest BCUT2D eigenvalue weighted by molar-refractivity contribution is 6.31. The van der Waals surface area contributed by atoms with Crippen molar-refractivity contribution in [1.29, 1.82) is 0 Å². The van der Waals surface area contributed by atoms with Gasteiger partial charge in [0.25, 0.3) is 5.91 Å². The molecule has 0 spiro atoms. The number of likely N-dealkylation sites (tertiary alicyclic amines) is 2. The van der Waals surface area contributed by atoms with E-state index in [9.17, 15) is 19.1 Å². The Morgan fingerprint density at radius 3 is 2.56 bits per heavy atom. The van der Waals surface area contributed by atoms with Crippen molar-refractivity contribution in [2.75, 3.05) is 32.8 Å². The molecule has 2 aliphatic rings. The molecule has 5 nitrogen and oxygen atoms in total. The van der Waals surface area contributed by atoms with Crippen LogP contribution in [0.5, 0.6) is 0 Å². The van der Waals surface area contributed by atoms with Crippen molar-refractivity contribution in [3.05, 3.63) is 34.6 Å². The van der Waals surface area contributed by atoms with Crippen molar-refractivity contribution in [3.63, 3.8) is 0 Å². The lowest BCUT2D eigenvalue weighted by atomic mass is 9.82. The number of hydrogen-bond acceptors (Lipinski definition) is 3. The molecule has 0 saturated carbocycles. The first-order valence-corrected chi connectivity index (χ1v) is 8.79. The van der Waals surface area contributed by atoms with Gasteiger partial charge in [0, 0.05) is 48.5 Å². The minimum atomic E-state index is -0.610. The van der Waals surface area contributed by atoms with Crippen LogP contribution < -0.4 is 0 Å². The maximum absolute atomic E-state index is 14.0. The van der Waals surface area contributed by atoms with E-state index in [0.717, 1.165) is 0 Å². The summed E-state index contributed by atoms with van der Waals surface area (Å²) >= 11 is 5.88. The Bertz CT molecular complexity index is 712. The minimum absolute atomic E-state index is 0.00797. The molecule has 2 amide bonds. The number of benzene rings is 1. The number of rotatable bonds is 3. The molecule has 7 heteroatoms. The molecule has 1 aromatic rings. The van der Waals surface area contributed by atoms with Gasteiger partial charge in [0.1, 0.15) is 5.82 Å². The zero-order chi connectivity index (χ0) is 18.4. The van der Waals surface area contributed by atoms with Crippen molar-refractivity contribution in [2.45, 2.75) is 13.8 Å². The van der Waals surface area contributed by atoms with Crippen molar-refractivity contribution in [1.82, 2.24) is 9.80 Å². The van der Waals surface area contributed by atoms with Crippen molar-refractivity contribution in [2.24, 2.45) is 17.3 Å². The topological polar surface area (TPSA) is 60.9 Å². The molecule has 0 radical (unpaired) electrons. The predicted octanol–water partition coefficient (Wildman–Crippen LogP) is 2.03. The van der Waals surface area contributed by atoms with Crippen LogP contribution in [-0.2, 0) is 4.79 Å². The van der Waals surface area contributed by atoms with Crippen molar-refractivity contribution >= 4 is 23.4 Å². The van der Waals surface area contributed by atoms with Crippen LogP contribution in [0.25, 0.3) is 0 Å². The second-order valence-corrected chi connectivity index (χ2v) is 7.84. The zero-order valence-corrected chi connectivity index (χ0v) is 15.1. The monoisotopic (exact) mass is 368 g/mol. The molecular weight excluding hydrogens is 347 g/mol. The Kier molecular flexibility index (Phi) is 4.77. The van der Waals surface area contributed by atoms with E-state index < -0.39 is 17.1 Å². The summed E-state index contributed by atoms with van der Waals surface area (Å²) in [5.74, 6) is -1.09. The average Bonchev–Trinajstić information content (AvgIpc) is 3.10. The smallest absolute Gasteiger partial charge is 0.256 e. The van der Waals surface area contributed by atoms with Crippen LogP contribution in [0.2, 0.25) is 5.02 Å². The molecule has 0 bridgehead atoms. The Morgan fingerprint density at radius 1 is 1.32 bits per heavy atom. The molecule has 2 fully saturated rings. The third-order valence-electron chi connectivity index (χ3n) is 5.33. The van der Waals surface area contributed by atoms with E-state index in [0.29, 0.717) is 31.2 Å². The lowest BCUT2D eigenvalue weighted by Gasteiger charge is -2.28. The molecule has 3 rings (SSSR count). The van der Waals surface area contributed by atoms with Crippen LogP contribution >= 0.6 is 11.6 Å². The van der Waals surface area contributed by atoms with E-state index in [2.05, 4.69) is 0 Å². The summed E-state index contributed by atoms with van der Waals surface area (Å²) in [5, 5.41) is 10.3. The van der Waals surface area contributed by atoms with Crippen LogP contribution in [0.15, 0.2) is 18.2 Å². The van der Waals surface area contributed by atoms with E-state index >= 15 is 0 Å². The standard InChI is InChI=1S/C18H22ClFN2O3/c1-11(2)16(24)21-6-12-7-22(9-18(12,8-21)10-23)17(25)14-5-13(19)3-4-15(14)20/h3-5,11-12,23H,6-10H2,1-2H3/t12-,18+/m1/s1. The third kappa shape index (κ3) is 3.13. The summed E-state index contributed by atoms with van der Waals surface area (Å²) in [7, 11) is 0. The highest BCUT2D eigenvalue weighted by Gasteiger charge is 2.54. The number of amides is 2. The van der Waals surface area contributed by atoms with Gasteiger partial charge in [-0.3, -0.25) is 9.59 Å². The number of nitrogens with zero attached hydrogens (tertiary/aromatic N) is 2. The summed E-state index contributed by atoms with van der Waals surface area (Å²) in [4.78, 5) is 28.3. The Morgan fingerprint density at radius 2 is 1.96 bits per heavy atom. The number of carbonyl (C=O) groups excluding carboxylic acids is 2. The van der Waals surface area contributed by atoms with Gasteiger partial charge in [0.2, 0.25) is 5.91 Å². The number of aliphatic hydroxyl groups excluding tert-OH is 1. The number of fused-ring (bicyclic) bond motifs is 1. The van der Waals surface area contributed by atoms with E-state index in [4.69, 9.17) is 11.6 Å². The van der Waals surface area contributed by atoms with Gasteiger partial charge in [-0.05, 0) is 18.2 Å². The maximum atomic E-state index is 14.0. The molecule has 0 unspecified atom stereocenters. The molecule has 2 atom stereocenters. The molecule has 2 saturated heterocycles. The first-order valence-electron chi connectivity index (χ1n) is 8.41. The average molecular weight is 369 g/mol. The second kappa shape index (κ2) is 6.57. The molecule has 2 heterocycles. The van der Waals surface area contributed by atoms with E-state index in [1.165, 1.54) is 18.2 Å². The fourth-order valence-electron chi connectivity index (χ4n) is 3.92. The first kappa shape index (κ1) is 18.1. The number of carbonyl (C=O) groups is 2. The molecule has 25 heavy (non-hydrogen) atoms. The Hall–Kier alpha value is -1.66. The van der Waals surface area contributed by atoms with Crippen LogP contribution in [-0.4, -0.2) is 59.5 Å². The fraction of sp³-hybridized carbons (Fsp3) is 0.556. The molecule has 0 aromatic heterocycles. The van der Waals surface area contributed by atoms with Crippen molar-refractivity contribution < 1.29 is 19.1 Å². The normalized spacial score (nSPS) is 25.6. The fourth-order valence-corrected chi connectivity index (χ4v) is 4.10. The summed E-state index contributed by atoms with van der Waals surface area (Å²) in [6.45, 7) is 5.22. The van der Waals surface area contributed by atoms with Gasteiger partial charge >= 0.3 is 0 Å². The van der Waals surface area contributed by atoms with Crippen molar-refractivity contribution in [3.8, 4) is 0 Å². The quantitative estimate of drug-likeness (QED) is 0.888. The molecule has 1 N–H and O–H groups in total. The SMILES string of the molecule is CC(C)C(=O)N1C[C@@H]2CN(C(=O)c3cc(Cl)ccc3F)C[C@]2(CO)C1. The molecule has 136 valence electrons. The zero-order valence-electron chi connectivity index (χ0n) is 14.3. The predicted molar refractivity (Wildman–Crippen MR) is 91.7 cm³/mol. The molecular formula is C18H22ClFN2O3. The largest absolute Gasteiger partial charge is 0.396 e. The van der Waals surface area contributed by atoms with Crippen LogP contribution in [0.3, 0.4) is 0 Å². The van der Waals surface area contributed by atoms with Gasteiger partial charge in [-0.1, -0.05) is 25.4 Å². The van der Waals surface area contributed by atoms with Crippen LogP contribution in [0.4, 0.5) is 4.39 Å². The summed E-state index contributed by atoms with van der Waals surface area (Å²) in [6.07, 6.45) is 0. The Labute approximate surface area is 151 Å². The van der Waals surface area contributed by atoms with E-state index in [1.807, 2.05) is 13.8 Å².